The lowest BCUT2D eigenvalue weighted by Crippen LogP contribution is -2.30. The second-order valence-corrected chi connectivity index (χ2v) is 7.40. The van der Waals surface area contributed by atoms with Gasteiger partial charge in [0.2, 0.25) is 10.0 Å². The van der Waals surface area contributed by atoms with Gasteiger partial charge in [0.05, 0.1) is 12.8 Å². The number of nitrogens with one attached hydrogen (secondary N) is 2. The highest BCUT2D eigenvalue weighted by Crippen LogP contribution is 2.26. The molecule has 0 aromatic heterocycles. The van der Waals surface area contributed by atoms with Crippen molar-refractivity contribution < 1.29 is 26.7 Å². The number of carbonyl (C=O) groups is 1. The standard InChI is InChI=1S/C17H18F2N2O4S/c1-10(2)21-26(23,24)16-8-11(4-7-15(16)25-3)17(22)20-14-6-5-12(18)9-13(14)19/h4-10,21H,1-3H3,(H,20,22). The zero-order chi connectivity index (χ0) is 19.5. The van der Waals surface area contributed by atoms with E-state index in [9.17, 15) is 22.0 Å². The fraction of sp³-hybridized carbons (Fsp3) is 0.235. The van der Waals surface area contributed by atoms with Crippen LogP contribution >= 0.6 is 0 Å². The van der Waals surface area contributed by atoms with Crippen LogP contribution in [0, 0.1) is 11.6 Å². The maximum Gasteiger partial charge on any atom is 0.255 e. The molecule has 0 aliphatic heterocycles. The maximum atomic E-state index is 13.7. The van der Waals surface area contributed by atoms with Gasteiger partial charge in [-0.3, -0.25) is 4.79 Å². The third kappa shape index (κ3) is 4.55. The van der Waals surface area contributed by atoms with E-state index < -0.39 is 27.6 Å². The molecule has 1 amide bonds. The van der Waals surface area contributed by atoms with Crippen molar-refractivity contribution in [3.63, 3.8) is 0 Å². The lowest BCUT2D eigenvalue weighted by atomic mass is 10.2. The molecule has 2 N–H and O–H groups in total. The summed E-state index contributed by atoms with van der Waals surface area (Å²) in [5.41, 5.74) is -0.254. The number of carbonyl (C=O) groups excluding carboxylic acids is 1. The Hall–Kier alpha value is -2.52. The highest BCUT2D eigenvalue weighted by atomic mass is 32.2. The van der Waals surface area contributed by atoms with Crippen molar-refractivity contribution in [1.82, 2.24) is 4.72 Å². The summed E-state index contributed by atoms with van der Waals surface area (Å²) >= 11 is 0. The van der Waals surface area contributed by atoms with E-state index in [1.54, 1.807) is 13.8 Å². The van der Waals surface area contributed by atoms with Crippen molar-refractivity contribution >= 4 is 21.6 Å². The van der Waals surface area contributed by atoms with Gasteiger partial charge in [0.15, 0.2) is 0 Å². The Balaban J connectivity index is 2.38. The van der Waals surface area contributed by atoms with Gasteiger partial charge in [-0.15, -0.1) is 0 Å². The molecular weight excluding hydrogens is 366 g/mol. The van der Waals surface area contributed by atoms with Gasteiger partial charge in [0, 0.05) is 17.7 Å². The monoisotopic (exact) mass is 384 g/mol. The Morgan fingerprint density at radius 1 is 1.12 bits per heavy atom. The van der Waals surface area contributed by atoms with Gasteiger partial charge in [-0.2, -0.15) is 0 Å². The lowest BCUT2D eigenvalue weighted by Gasteiger charge is -2.14. The average Bonchev–Trinajstić information content (AvgIpc) is 2.55. The van der Waals surface area contributed by atoms with E-state index >= 15 is 0 Å². The molecule has 0 heterocycles. The summed E-state index contributed by atoms with van der Waals surface area (Å²) in [4.78, 5) is 12.1. The fourth-order valence-electron chi connectivity index (χ4n) is 2.19. The predicted octanol–water partition coefficient (Wildman–Crippen LogP) is 2.91. The van der Waals surface area contributed by atoms with Crippen LogP contribution in [0.2, 0.25) is 0 Å². The van der Waals surface area contributed by atoms with Gasteiger partial charge in [0.25, 0.3) is 5.91 Å². The summed E-state index contributed by atoms with van der Waals surface area (Å²) in [6.07, 6.45) is 0. The second-order valence-electron chi connectivity index (χ2n) is 5.72. The third-order valence-electron chi connectivity index (χ3n) is 3.29. The van der Waals surface area contributed by atoms with Crippen molar-refractivity contribution in [2.75, 3.05) is 12.4 Å². The number of rotatable bonds is 6. The third-order valence-corrected chi connectivity index (χ3v) is 4.97. The molecule has 0 saturated heterocycles. The molecule has 0 unspecified atom stereocenters. The molecule has 140 valence electrons. The maximum absolute atomic E-state index is 13.7. The van der Waals surface area contributed by atoms with Gasteiger partial charge in [0.1, 0.15) is 22.3 Å². The summed E-state index contributed by atoms with van der Waals surface area (Å²) in [6.45, 7) is 3.30. The van der Waals surface area contributed by atoms with Crippen molar-refractivity contribution in [3.8, 4) is 5.75 Å². The van der Waals surface area contributed by atoms with E-state index in [2.05, 4.69) is 10.0 Å². The van der Waals surface area contributed by atoms with Crippen LogP contribution in [0.5, 0.6) is 5.75 Å². The van der Waals surface area contributed by atoms with Crippen molar-refractivity contribution in [2.24, 2.45) is 0 Å². The molecule has 0 saturated carbocycles. The van der Waals surface area contributed by atoms with E-state index in [1.165, 1.54) is 19.2 Å². The van der Waals surface area contributed by atoms with Crippen molar-refractivity contribution in [2.45, 2.75) is 24.8 Å². The van der Waals surface area contributed by atoms with E-state index in [4.69, 9.17) is 4.74 Å². The highest BCUT2D eigenvalue weighted by Gasteiger charge is 2.22. The normalized spacial score (nSPS) is 11.5. The molecule has 0 radical (unpaired) electrons. The summed E-state index contributed by atoms with van der Waals surface area (Å²) in [5, 5.41) is 2.27. The van der Waals surface area contributed by atoms with E-state index in [1.807, 2.05) is 0 Å². The molecule has 9 heteroatoms. The minimum atomic E-state index is -3.92. The summed E-state index contributed by atoms with van der Waals surface area (Å²) < 4.78 is 58.9. The van der Waals surface area contributed by atoms with Crippen LogP contribution in [0.25, 0.3) is 0 Å². The van der Waals surface area contributed by atoms with E-state index in [0.717, 1.165) is 18.2 Å². The highest BCUT2D eigenvalue weighted by molar-refractivity contribution is 7.89. The molecule has 0 fully saturated rings. The number of ether oxygens (including phenoxy) is 1. The SMILES string of the molecule is COc1ccc(C(=O)Nc2ccc(F)cc2F)cc1S(=O)(=O)NC(C)C. The first-order valence-electron chi connectivity index (χ1n) is 7.61. The summed E-state index contributed by atoms with van der Waals surface area (Å²) in [5.74, 6) is -2.42. The predicted molar refractivity (Wildman–Crippen MR) is 92.8 cm³/mol. The largest absolute Gasteiger partial charge is 0.495 e. The molecule has 0 aliphatic carbocycles. The van der Waals surface area contributed by atoms with Crippen LogP contribution in [0.4, 0.5) is 14.5 Å². The summed E-state index contributed by atoms with van der Waals surface area (Å²) in [6, 6.07) is 6.12. The number of halogens is 2. The van der Waals surface area contributed by atoms with Crippen LogP contribution in [0.1, 0.15) is 24.2 Å². The fourth-order valence-corrected chi connectivity index (χ4v) is 3.63. The average molecular weight is 384 g/mol. The lowest BCUT2D eigenvalue weighted by molar-refractivity contribution is 0.102. The Morgan fingerprint density at radius 3 is 2.38 bits per heavy atom. The molecule has 2 rings (SSSR count). The number of methoxy groups -OCH3 is 1. The molecule has 0 bridgehead atoms. The second kappa shape index (κ2) is 7.79. The van der Waals surface area contributed by atoms with E-state index in [-0.39, 0.29) is 27.9 Å². The van der Waals surface area contributed by atoms with Gasteiger partial charge in [-0.25, -0.2) is 21.9 Å². The first kappa shape index (κ1) is 19.8. The van der Waals surface area contributed by atoms with Gasteiger partial charge >= 0.3 is 0 Å². The van der Waals surface area contributed by atoms with Gasteiger partial charge in [-0.1, -0.05) is 0 Å². The molecule has 6 nitrogen and oxygen atoms in total. The molecule has 26 heavy (non-hydrogen) atoms. The number of hydrogen-bond donors (Lipinski definition) is 2. The first-order chi connectivity index (χ1) is 12.1. The van der Waals surface area contributed by atoms with E-state index in [0.29, 0.717) is 6.07 Å². The quantitative estimate of drug-likeness (QED) is 0.802. The zero-order valence-corrected chi connectivity index (χ0v) is 15.2. The minimum Gasteiger partial charge on any atom is -0.495 e. The van der Waals surface area contributed by atoms with Crippen LogP contribution in [0.3, 0.4) is 0 Å². The van der Waals surface area contributed by atoms with Gasteiger partial charge < -0.3 is 10.1 Å². The molecular formula is C17H18F2N2O4S. The van der Waals surface area contributed by atoms with Crippen LogP contribution in [-0.2, 0) is 10.0 Å². The Kier molecular flexibility index (Phi) is 5.94. The number of benzene rings is 2. The van der Waals surface area contributed by atoms with Crippen molar-refractivity contribution in [1.29, 1.82) is 0 Å². The number of amides is 1. The Morgan fingerprint density at radius 2 is 1.81 bits per heavy atom. The minimum absolute atomic E-state index is 0.0290. The molecule has 2 aromatic rings. The topological polar surface area (TPSA) is 84.5 Å². The number of anilines is 1. The Bertz CT molecular complexity index is 930. The number of hydrogen-bond acceptors (Lipinski definition) is 4. The van der Waals surface area contributed by atoms with Crippen LogP contribution in [0.15, 0.2) is 41.3 Å². The van der Waals surface area contributed by atoms with Crippen LogP contribution < -0.4 is 14.8 Å². The smallest absolute Gasteiger partial charge is 0.255 e. The summed E-state index contributed by atoms with van der Waals surface area (Å²) in [7, 11) is -2.62. The molecule has 0 spiro atoms. The zero-order valence-electron chi connectivity index (χ0n) is 14.3. The van der Waals surface area contributed by atoms with Crippen LogP contribution in [-0.4, -0.2) is 27.5 Å². The Labute approximate surface area is 150 Å². The number of sulfonamides is 1. The molecule has 2 aromatic carbocycles. The van der Waals surface area contributed by atoms with Gasteiger partial charge in [-0.05, 0) is 44.2 Å². The first-order valence-corrected chi connectivity index (χ1v) is 9.09. The van der Waals surface area contributed by atoms with Crippen molar-refractivity contribution in [3.05, 3.63) is 53.6 Å². The molecule has 0 aliphatic rings. The molecule has 0 atom stereocenters.